The molecule has 1 unspecified atom stereocenters. The molecule has 2 heteroatoms. The molecule has 0 aliphatic heterocycles. The van der Waals surface area contributed by atoms with Crippen LogP contribution in [0.15, 0.2) is 48.5 Å². The molecule has 0 fully saturated rings. The Morgan fingerprint density at radius 3 is 2.91 bits per heavy atom. The van der Waals surface area contributed by atoms with Crippen LogP contribution in [-0.4, -0.2) is 12.5 Å². The molecule has 1 atom stereocenters. The third kappa shape index (κ3) is 3.38. The lowest BCUT2D eigenvalue weighted by Crippen LogP contribution is -2.32. The van der Waals surface area contributed by atoms with Crippen LogP contribution in [0.2, 0.25) is 0 Å². The Hall–Kier alpha value is -2.09. The highest BCUT2D eigenvalue weighted by molar-refractivity contribution is 5.84. The van der Waals surface area contributed by atoms with Gasteiger partial charge in [-0.15, -0.1) is 0 Å². The molecule has 3 rings (SSSR count). The minimum Gasteiger partial charge on any atom is -0.355 e. The molecular formula is C20H23NO. The van der Waals surface area contributed by atoms with Crippen LogP contribution < -0.4 is 5.32 Å². The minimum atomic E-state index is 0.0301. The van der Waals surface area contributed by atoms with Gasteiger partial charge in [0.15, 0.2) is 0 Å². The molecule has 0 saturated heterocycles. The number of benzene rings is 2. The standard InChI is InChI=1S/C20H23NO/c1-15-6-4-7-16(14-15)12-13-21-20(22)19-11-5-9-17-8-2-3-10-18(17)19/h2-4,6-8,10,14,19H,5,9,11-13H2,1H3,(H,21,22). The highest BCUT2D eigenvalue weighted by Crippen LogP contribution is 2.31. The Morgan fingerprint density at radius 1 is 1.18 bits per heavy atom. The fourth-order valence-corrected chi connectivity index (χ4v) is 3.35. The molecule has 0 spiro atoms. The lowest BCUT2D eigenvalue weighted by atomic mass is 9.82. The van der Waals surface area contributed by atoms with Gasteiger partial charge in [0.2, 0.25) is 5.91 Å². The average Bonchev–Trinajstić information content (AvgIpc) is 2.54. The van der Waals surface area contributed by atoms with E-state index in [0.29, 0.717) is 6.54 Å². The van der Waals surface area contributed by atoms with Gasteiger partial charge in [-0.05, 0) is 49.3 Å². The summed E-state index contributed by atoms with van der Waals surface area (Å²) in [6.07, 6.45) is 4.06. The molecule has 0 saturated carbocycles. The molecule has 1 aliphatic carbocycles. The van der Waals surface area contributed by atoms with Gasteiger partial charge in [-0.25, -0.2) is 0 Å². The maximum absolute atomic E-state index is 12.5. The van der Waals surface area contributed by atoms with Crippen molar-refractivity contribution in [1.29, 1.82) is 0 Å². The van der Waals surface area contributed by atoms with Crippen LogP contribution in [0.25, 0.3) is 0 Å². The molecule has 0 aromatic heterocycles. The number of carbonyl (C=O) groups excluding carboxylic acids is 1. The number of hydrogen-bond acceptors (Lipinski definition) is 1. The number of carbonyl (C=O) groups is 1. The maximum atomic E-state index is 12.5. The molecule has 2 aromatic carbocycles. The van der Waals surface area contributed by atoms with Gasteiger partial charge in [-0.2, -0.15) is 0 Å². The molecule has 0 radical (unpaired) electrons. The van der Waals surface area contributed by atoms with Crippen molar-refractivity contribution in [2.24, 2.45) is 0 Å². The number of rotatable bonds is 4. The fourth-order valence-electron chi connectivity index (χ4n) is 3.35. The molecule has 1 aliphatic rings. The fraction of sp³-hybridized carbons (Fsp3) is 0.350. The van der Waals surface area contributed by atoms with E-state index in [1.165, 1.54) is 22.3 Å². The normalized spacial score (nSPS) is 16.9. The van der Waals surface area contributed by atoms with E-state index in [-0.39, 0.29) is 11.8 Å². The second kappa shape index (κ2) is 6.78. The monoisotopic (exact) mass is 293 g/mol. The Labute approximate surface area is 132 Å². The first kappa shape index (κ1) is 14.8. The number of fused-ring (bicyclic) bond motifs is 1. The van der Waals surface area contributed by atoms with Crippen molar-refractivity contribution in [3.8, 4) is 0 Å². The Morgan fingerprint density at radius 2 is 2.05 bits per heavy atom. The summed E-state index contributed by atoms with van der Waals surface area (Å²) < 4.78 is 0. The smallest absolute Gasteiger partial charge is 0.227 e. The summed E-state index contributed by atoms with van der Waals surface area (Å²) in [5.41, 5.74) is 5.11. The van der Waals surface area contributed by atoms with Gasteiger partial charge in [-0.3, -0.25) is 4.79 Å². The summed E-state index contributed by atoms with van der Waals surface area (Å²) in [6.45, 7) is 2.81. The molecular weight excluding hydrogens is 270 g/mol. The first-order valence-corrected chi connectivity index (χ1v) is 8.15. The van der Waals surface area contributed by atoms with E-state index in [1.54, 1.807) is 0 Å². The van der Waals surface area contributed by atoms with Gasteiger partial charge >= 0.3 is 0 Å². The molecule has 1 amide bonds. The maximum Gasteiger partial charge on any atom is 0.227 e. The van der Waals surface area contributed by atoms with Gasteiger partial charge in [0, 0.05) is 6.54 Å². The largest absolute Gasteiger partial charge is 0.355 e. The number of amides is 1. The van der Waals surface area contributed by atoms with E-state index in [2.05, 4.69) is 54.7 Å². The number of nitrogens with one attached hydrogen (secondary N) is 1. The van der Waals surface area contributed by atoms with Crippen LogP contribution in [0.1, 0.15) is 41.0 Å². The zero-order valence-corrected chi connectivity index (χ0v) is 13.1. The van der Waals surface area contributed by atoms with Gasteiger partial charge in [0.05, 0.1) is 5.92 Å². The van der Waals surface area contributed by atoms with Gasteiger partial charge in [-0.1, -0.05) is 54.1 Å². The van der Waals surface area contributed by atoms with Crippen molar-refractivity contribution in [2.45, 2.75) is 38.5 Å². The van der Waals surface area contributed by atoms with Crippen LogP contribution in [0.5, 0.6) is 0 Å². The Kier molecular flexibility index (Phi) is 4.57. The molecule has 22 heavy (non-hydrogen) atoms. The SMILES string of the molecule is Cc1cccc(CCNC(=O)C2CCCc3ccccc32)c1. The lowest BCUT2D eigenvalue weighted by molar-refractivity contribution is -0.122. The van der Waals surface area contributed by atoms with E-state index < -0.39 is 0 Å². The van der Waals surface area contributed by atoms with E-state index in [0.717, 1.165) is 25.7 Å². The summed E-state index contributed by atoms with van der Waals surface area (Å²) >= 11 is 0. The predicted molar refractivity (Wildman–Crippen MR) is 90.0 cm³/mol. The highest BCUT2D eigenvalue weighted by atomic mass is 16.1. The van der Waals surface area contributed by atoms with Crippen molar-refractivity contribution in [1.82, 2.24) is 5.32 Å². The Balaban J connectivity index is 1.59. The van der Waals surface area contributed by atoms with E-state index in [9.17, 15) is 4.79 Å². The topological polar surface area (TPSA) is 29.1 Å². The molecule has 1 N–H and O–H groups in total. The van der Waals surface area contributed by atoms with Gasteiger partial charge in [0.1, 0.15) is 0 Å². The first-order chi connectivity index (χ1) is 10.7. The third-order valence-electron chi connectivity index (χ3n) is 4.48. The van der Waals surface area contributed by atoms with E-state index in [4.69, 9.17) is 0 Å². The van der Waals surface area contributed by atoms with E-state index >= 15 is 0 Å². The number of hydrogen-bond donors (Lipinski definition) is 1. The van der Waals surface area contributed by atoms with Gasteiger partial charge < -0.3 is 5.32 Å². The predicted octanol–water partition coefficient (Wildman–Crippen LogP) is 3.77. The summed E-state index contributed by atoms with van der Waals surface area (Å²) in [6, 6.07) is 16.8. The Bertz CT molecular complexity index is 662. The molecule has 2 nitrogen and oxygen atoms in total. The summed E-state index contributed by atoms with van der Waals surface area (Å²) in [7, 11) is 0. The van der Waals surface area contributed by atoms with Crippen LogP contribution in [0.3, 0.4) is 0 Å². The lowest BCUT2D eigenvalue weighted by Gasteiger charge is -2.24. The van der Waals surface area contributed by atoms with Crippen LogP contribution in [0.4, 0.5) is 0 Å². The molecule has 0 bridgehead atoms. The van der Waals surface area contributed by atoms with Crippen LogP contribution in [0, 0.1) is 6.92 Å². The van der Waals surface area contributed by atoms with Crippen molar-refractivity contribution >= 4 is 5.91 Å². The molecule has 2 aromatic rings. The first-order valence-electron chi connectivity index (χ1n) is 8.15. The second-order valence-electron chi connectivity index (χ2n) is 6.17. The van der Waals surface area contributed by atoms with Crippen molar-refractivity contribution in [3.63, 3.8) is 0 Å². The zero-order chi connectivity index (χ0) is 15.4. The quantitative estimate of drug-likeness (QED) is 0.913. The van der Waals surface area contributed by atoms with Crippen molar-refractivity contribution < 1.29 is 4.79 Å². The molecule has 114 valence electrons. The van der Waals surface area contributed by atoms with Gasteiger partial charge in [0.25, 0.3) is 0 Å². The summed E-state index contributed by atoms with van der Waals surface area (Å²) in [4.78, 5) is 12.5. The summed E-state index contributed by atoms with van der Waals surface area (Å²) in [5, 5.41) is 3.12. The highest BCUT2D eigenvalue weighted by Gasteiger charge is 2.25. The molecule has 0 heterocycles. The van der Waals surface area contributed by atoms with Crippen LogP contribution >= 0.6 is 0 Å². The zero-order valence-electron chi connectivity index (χ0n) is 13.1. The third-order valence-corrected chi connectivity index (χ3v) is 4.48. The summed E-state index contributed by atoms with van der Waals surface area (Å²) in [5.74, 6) is 0.210. The van der Waals surface area contributed by atoms with E-state index in [1.807, 2.05) is 6.07 Å². The van der Waals surface area contributed by atoms with Crippen molar-refractivity contribution in [2.75, 3.05) is 6.54 Å². The minimum absolute atomic E-state index is 0.0301. The van der Waals surface area contributed by atoms with Crippen molar-refractivity contribution in [3.05, 3.63) is 70.8 Å². The van der Waals surface area contributed by atoms with Crippen LogP contribution in [-0.2, 0) is 17.6 Å². The average molecular weight is 293 g/mol. The number of aryl methyl sites for hydroxylation is 2. The second-order valence-corrected chi connectivity index (χ2v) is 6.17.